The second-order valence-electron chi connectivity index (χ2n) is 6.19. The molecule has 0 unspecified atom stereocenters. The number of carbonyl (C=O) groups excluding carboxylic acids is 2. The van der Waals surface area contributed by atoms with Crippen molar-refractivity contribution in [2.75, 3.05) is 11.9 Å². The maximum absolute atomic E-state index is 13.2. The SMILES string of the molecule is Cc1nn(-c2ccc(F)cc2)c(C)c1C(=O)OCC(=O)Nc1ccc(F)c(F)c1. The molecule has 2 aromatic carbocycles. The first-order valence-corrected chi connectivity index (χ1v) is 8.50. The Bertz CT molecular complexity index is 1080. The van der Waals surface area contributed by atoms with Gasteiger partial charge in [-0.05, 0) is 50.2 Å². The number of carbonyl (C=O) groups is 2. The van der Waals surface area contributed by atoms with Gasteiger partial charge in [0, 0.05) is 11.8 Å². The predicted octanol–water partition coefficient (Wildman–Crippen LogP) is 3.70. The van der Waals surface area contributed by atoms with E-state index in [1.54, 1.807) is 13.8 Å². The average Bonchev–Trinajstić information content (AvgIpc) is 2.98. The van der Waals surface area contributed by atoms with Crippen LogP contribution in [0.25, 0.3) is 5.69 Å². The molecule has 3 aromatic rings. The molecular weight excluding hydrogens is 387 g/mol. The van der Waals surface area contributed by atoms with Crippen LogP contribution in [0.4, 0.5) is 18.9 Å². The van der Waals surface area contributed by atoms with Crippen LogP contribution in [0.3, 0.4) is 0 Å². The summed E-state index contributed by atoms with van der Waals surface area (Å²) in [7, 11) is 0. The summed E-state index contributed by atoms with van der Waals surface area (Å²) in [6.45, 7) is 2.62. The number of hydrogen-bond acceptors (Lipinski definition) is 4. The fraction of sp³-hybridized carbons (Fsp3) is 0.150. The molecule has 3 rings (SSSR count). The average molecular weight is 403 g/mol. The van der Waals surface area contributed by atoms with E-state index in [9.17, 15) is 22.8 Å². The number of esters is 1. The quantitative estimate of drug-likeness (QED) is 0.660. The third-order valence-corrected chi connectivity index (χ3v) is 4.10. The van der Waals surface area contributed by atoms with Crippen LogP contribution < -0.4 is 5.32 Å². The Balaban J connectivity index is 1.68. The van der Waals surface area contributed by atoms with E-state index >= 15 is 0 Å². The van der Waals surface area contributed by atoms with Crippen molar-refractivity contribution in [3.63, 3.8) is 0 Å². The molecule has 1 aromatic heterocycles. The maximum Gasteiger partial charge on any atom is 0.342 e. The molecule has 0 radical (unpaired) electrons. The van der Waals surface area contributed by atoms with E-state index in [-0.39, 0.29) is 11.3 Å². The van der Waals surface area contributed by atoms with Crippen LogP contribution in [0.2, 0.25) is 0 Å². The highest BCUT2D eigenvalue weighted by atomic mass is 19.2. The van der Waals surface area contributed by atoms with Crippen molar-refractivity contribution in [2.24, 2.45) is 0 Å². The van der Waals surface area contributed by atoms with Gasteiger partial charge in [0.2, 0.25) is 0 Å². The number of nitrogens with zero attached hydrogens (tertiary/aromatic N) is 2. The van der Waals surface area contributed by atoms with Crippen LogP contribution in [-0.4, -0.2) is 28.3 Å². The Morgan fingerprint density at radius 3 is 2.38 bits per heavy atom. The molecule has 0 aliphatic carbocycles. The predicted molar refractivity (Wildman–Crippen MR) is 98.3 cm³/mol. The van der Waals surface area contributed by atoms with Gasteiger partial charge in [-0.3, -0.25) is 4.79 Å². The van der Waals surface area contributed by atoms with E-state index in [1.807, 2.05) is 0 Å². The molecule has 1 N–H and O–H groups in total. The Labute approximate surface area is 163 Å². The van der Waals surface area contributed by atoms with E-state index < -0.39 is 35.9 Å². The first kappa shape index (κ1) is 20.1. The summed E-state index contributed by atoms with van der Waals surface area (Å²) >= 11 is 0. The van der Waals surface area contributed by atoms with Crippen LogP contribution in [-0.2, 0) is 9.53 Å². The molecule has 0 aliphatic rings. The van der Waals surface area contributed by atoms with Crippen molar-refractivity contribution in [3.8, 4) is 5.69 Å². The van der Waals surface area contributed by atoms with Gasteiger partial charge in [-0.25, -0.2) is 22.6 Å². The van der Waals surface area contributed by atoms with E-state index in [0.717, 1.165) is 12.1 Å². The highest BCUT2D eigenvalue weighted by Gasteiger charge is 2.21. The number of rotatable bonds is 5. The molecule has 9 heteroatoms. The summed E-state index contributed by atoms with van der Waals surface area (Å²) in [5.74, 6) is -4.04. The summed E-state index contributed by atoms with van der Waals surface area (Å²) in [6, 6.07) is 8.43. The fourth-order valence-corrected chi connectivity index (χ4v) is 2.75. The Morgan fingerprint density at radius 2 is 1.72 bits per heavy atom. The standard InChI is InChI=1S/C20H16F3N3O3/c1-11-19(12(2)26(25-11)15-6-3-13(21)4-7-15)20(28)29-10-18(27)24-14-5-8-16(22)17(23)9-14/h3-9H,10H2,1-2H3,(H,24,27). The number of benzene rings is 2. The van der Waals surface area contributed by atoms with Gasteiger partial charge in [0.25, 0.3) is 5.91 Å². The van der Waals surface area contributed by atoms with Crippen molar-refractivity contribution >= 4 is 17.6 Å². The maximum atomic E-state index is 13.2. The van der Waals surface area contributed by atoms with Crippen LogP contribution in [0, 0.1) is 31.3 Å². The van der Waals surface area contributed by atoms with Crippen LogP contribution in [0.1, 0.15) is 21.7 Å². The molecule has 0 saturated heterocycles. The molecule has 0 saturated carbocycles. The normalized spacial score (nSPS) is 10.7. The lowest BCUT2D eigenvalue weighted by molar-refractivity contribution is -0.119. The topological polar surface area (TPSA) is 73.2 Å². The van der Waals surface area contributed by atoms with Gasteiger partial charge in [-0.2, -0.15) is 5.10 Å². The number of amides is 1. The monoisotopic (exact) mass is 403 g/mol. The number of halogens is 3. The molecular formula is C20H16F3N3O3. The van der Waals surface area contributed by atoms with E-state index in [1.165, 1.54) is 35.0 Å². The number of aromatic nitrogens is 2. The Hall–Kier alpha value is -3.62. The number of anilines is 1. The van der Waals surface area contributed by atoms with Gasteiger partial charge in [-0.1, -0.05) is 0 Å². The first-order chi connectivity index (χ1) is 13.8. The Kier molecular flexibility index (Phi) is 5.67. The Morgan fingerprint density at radius 1 is 1.03 bits per heavy atom. The molecule has 0 spiro atoms. The molecule has 6 nitrogen and oxygen atoms in total. The zero-order valence-electron chi connectivity index (χ0n) is 15.5. The van der Waals surface area contributed by atoms with Crippen molar-refractivity contribution in [2.45, 2.75) is 13.8 Å². The van der Waals surface area contributed by atoms with Gasteiger partial charge >= 0.3 is 5.97 Å². The molecule has 0 atom stereocenters. The minimum Gasteiger partial charge on any atom is -0.452 e. The number of nitrogens with one attached hydrogen (secondary N) is 1. The third kappa shape index (κ3) is 4.45. The van der Waals surface area contributed by atoms with Crippen LogP contribution in [0.15, 0.2) is 42.5 Å². The number of ether oxygens (including phenoxy) is 1. The van der Waals surface area contributed by atoms with E-state index in [0.29, 0.717) is 17.1 Å². The summed E-state index contributed by atoms with van der Waals surface area (Å²) in [6.07, 6.45) is 0. The summed E-state index contributed by atoms with van der Waals surface area (Å²) in [5, 5.41) is 6.56. The molecule has 1 amide bonds. The number of aryl methyl sites for hydroxylation is 1. The molecule has 0 fully saturated rings. The third-order valence-electron chi connectivity index (χ3n) is 4.10. The lowest BCUT2D eigenvalue weighted by Gasteiger charge is -2.08. The minimum absolute atomic E-state index is 0.0291. The van der Waals surface area contributed by atoms with Gasteiger partial charge in [0.15, 0.2) is 18.2 Å². The summed E-state index contributed by atoms with van der Waals surface area (Å²) < 4.78 is 45.7. The van der Waals surface area contributed by atoms with Crippen molar-refractivity contribution in [1.29, 1.82) is 0 Å². The molecule has 29 heavy (non-hydrogen) atoms. The zero-order chi connectivity index (χ0) is 21.1. The van der Waals surface area contributed by atoms with Crippen molar-refractivity contribution in [1.82, 2.24) is 9.78 Å². The molecule has 0 aliphatic heterocycles. The molecule has 150 valence electrons. The largest absolute Gasteiger partial charge is 0.452 e. The molecule has 0 bridgehead atoms. The zero-order valence-corrected chi connectivity index (χ0v) is 15.5. The highest BCUT2D eigenvalue weighted by molar-refractivity contribution is 5.96. The second-order valence-corrected chi connectivity index (χ2v) is 6.19. The van der Waals surface area contributed by atoms with E-state index in [2.05, 4.69) is 10.4 Å². The van der Waals surface area contributed by atoms with Crippen LogP contribution >= 0.6 is 0 Å². The first-order valence-electron chi connectivity index (χ1n) is 8.50. The minimum atomic E-state index is -1.11. The summed E-state index contributed by atoms with van der Waals surface area (Å²) in [4.78, 5) is 24.3. The second kappa shape index (κ2) is 8.17. The summed E-state index contributed by atoms with van der Waals surface area (Å²) in [5.41, 5.74) is 1.59. The lowest BCUT2D eigenvalue weighted by Crippen LogP contribution is -2.21. The van der Waals surface area contributed by atoms with E-state index in [4.69, 9.17) is 4.74 Å². The van der Waals surface area contributed by atoms with Gasteiger partial charge in [-0.15, -0.1) is 0 Å². The van der Waals surface area contributed by atoms with Crippen LogP contribution in [0.5, 0.6) is 0 Å². The van der Waals surface area contributed by atoms with Gasteiger partial charge in [0.05, 0.1) is 17.1 Å². The van der Waals surface area contributed by atoms with Crippen molar-refractivity contribution < 1.29 is 27.5 Å². The van der Waals surface area contributed by atoms with Crippen molar-refractivity contribution in [3.05, 3.63) is 76.9 Å². The lowest BCUT2D eigenvalue weighted by atomic mass is 10.2. The smallest absolute Gasteiger partial charge is 0.342 e. The molecule has 1 heterocycles. The highest BCUT2D eigenvalue weighted by Crippen LogP contribution is 2.19. The van der Waals surface area contributed by atoms with Gasteiger partial charge in [0.1, 0.15) is 11.4 Å². The van der Waals surface area contributed by atoms with Gasteiger partial charge < -0.3 is 10.1 Å². The number of hydrogen-bond donors (Lipinski definition) is 1. The fourth-order valence-electron chi connectivity index (χ4n) is 2.75.